The number of nitrogens with zero attached hydrogens (tertiary/aromatic N) is 3. The second-order valence-corrected chi connectivity index (χ2v) is 9.03. The molecule has 0 aromatic heterocycles. The van der Waals surface area contributed by atoms with Gasteiger partial charge in [-0.2, -0.15) is 13.5 Å². The van der Waals surface area contributed by atoms with Crippen molar-refractivity contribution in [3.63, 3.8) is 0 Å². The number of hydrazone groups is 1. The molecule has 13 heteroatoms. The third kappa shape index (κ3) is 5.90. The second-order valence-electron chi connectivity index (χ2n) is 6.63. The maximum absolute atomic E-state index is 12.5. The van der Waals surface area contributed by atoms with E-state index in [0.717, 1.165) is 17.7 Å². The molecule has 3 rings (SSSR count). The van der Waals surface area contributed by atoms with Gasteiger partial charge in [0.25, 0.3) is 5.69 Å². The monoisotopic (exact) mass is 534 g/mol. The quantitative estimate of drug-likeness (QED) is 0.187. The Labute approximate surface area is 196 Å². The summed E-state index contributed by atoms with van der Waals surface area (Å²) in [5, 5.41) is 25.9. The zero-order valence-electron chi connectivity index (χ0n) is 16.8. The largest absolute Gasteiger partial charge is 0.378 e. The third-order valence-corrected chi connectivity index (χ3v) is 6.12. The van der Waals surface area contributed by atoms with Crippen molar-refractivity contribution in [2.45, 2.75) is 11.8 Å². The molecule has 0 heterocycles. The van der Waals surface area contributed by atoms with Gasteiger partial charge < -0.3 is 4.18 Å². The molecular formula is C20H15BrN4O7S. The predicted octanol–water partition coefficient (Wildman–Crippen LogP) is 4.79. The zero-order chi connectivity index (χ0) is 24.2. The smallest absolute Gasteiger partial charge is 0.339 e. The SMILES string of the molecule is Cc1ccc(S(=O)(=O)Oc2ccc(/C=N\Nc3ccc([N+](=O)[O-])cc3[N+](=O)[O-])cc2Br)cc1. The van der Waals surface area contributed by atoms with Gasteiger partial charge in [0.15, 0.2) is 5.75 Å². The number of non-ortho nitro benzene ring substituents is 1. The minimum Gasteiger partial charge on any atom is -0.378 e. The van der Waals surface area contributed by atoms with Gasteiger partial charge in [0.05, 0.1) is 26.6 Å². The normalized spacial score (nSPS) is 11.3. The lowest BCUT2D eigenvalue weighted by atomic mass is 10.2. The van der Waals surface area contributed by atoms with Crippen LogP contribution in [0.15, 0.2) is 75.1 Å². The Morgan fingerprint density at radius 2 is 1.70 bits per heavy atom. The molecule has 0 fully saturated rings. The van der Waals surface area contributed by atoms with E-state index in [2.05, 4.69) is 26.5 Å². The first-order chi connectivity index (χ1) is 15.6. The molecule has 0 aliphatic rings. The fourth-order valence-electron chi connectivity index (χ4n) is 2.59. The highest BCUT2D eigenvalue weighted by Gasteiger charge is 2.20. The molecule has 0 bridgehead atoms. The molecule has 11 nitrogen and oxygen atoms in total. The van der Waals surface area contributed by atoms with Gasteiger partial charge in [0.1, 0.15) is 10.6 Å². The molecule has 0 amide bonds. The highest BCUT2D eigenvalue weighted by atomic mass is 79.9. The molecule has 3 aromatic rings. The van der Waals surface area contributed by atoms with Crippen LogP contribution in [0.5, 0.6) is 5.75 Å². The molecule has 33 heavy (non-hydrogen) atoms. The number of anilines is 1. The Bertz CT molecular complexity index is 1360. The van der Waals surface area contributed by atoms with E-state index in [4.69, 9.17) is 4.18 Å². The van der Waals surface area contributed by atoms with E-state index in [1.165, 1.54) is 42.6 Å². The Morgan fingerprint density at radius 1 is 1.00 bits per heavy atom. The molecule has 0 saturated carbocycles. The number of hydrogen-bond donors (Lipinski definition) is 1. The highest BCUT2D eigenvalue weighted by molar-refractivity contribution is 9.10. The Hall–Kier alpha value is -3.84. The lowest BCUT2D eigenvalue weighted by Gasteiger charge is -2.09. The lowest BCUT2D eigenvalue weighted by molar-refractivity contribution is -0.393. The van der Waals surface area contributed by atoms with Gasteiger partial charge in [-0.25, -0.2) is 0 Å². The molecule has 0 aliphatic heterocycles. The standard InChI is InChI=1S/C20H15BrN4O7S/c1-13-2-6-16(7-3-13)33(30,31)32-20-9-4-14(10-17(20)21)12-22-23-18-8-5-15(24(26)27)11-19(18)25(28)29/h2-12,23H,1H3/b22-12-. The van der Waals surface area contributed by atoms with Crippen molar-refractivity contribution in [1.29, 1.82) is 0 Å². The third-order valence-electron chi connectivity index (χ3n) is 4.25. The minimum absolute atomic E-state index is 0.0135. The molecule has 0 spiro atoms. The van der Waals surface area contributed by atoms with Gasteiger partial charge in [-0.1, -0.05) is 17.7 Å². The molecule has 170 valence electrons. The van der Waals surface area contributed by atoms with E-state index < -0.39 is 31.3 Å². The molecule has 0 aliphatic carbocycles. The van der Waals surface area contributed by atoms with Crippen molar-refractivity contribution in [3.05, 3.63) is 96.5 Å². The number of nitrogens with one attached hydrogen (secondary N) is 1. The summed E-state index contributed by atoms with van der Waals surface area (Å²) >= 11 is 3.25. The van der Waals surface area contributed by atoms with Crippen molar-refractivity contribution < 1.29 is 22.4 Å². The predicted molar refractivity (Wildman–Crippen MR) is 124 cm³/mol. The van der Waals surface area contributed by atoms with Crippen LogP contribution in [-0.2, 0) is 10.1 Å². The molecule has 0 atom stereocenters. The second kappa shape index (κ2) is 9.75. The van der Waals surface area contributed by atoms with E-state index in [0.29, 0.717) is 10.0 Å². The van der Waals surface area contributed by atoms with Crippen LogP contribution in [0, 0.1) is 27.2 Å². The van der Waals surface area contributed by atoms with Gasteiger partial charge in [0, 0.05) is 6.07 Å². The number of hydrogen-bond acceptors (Lipinski definition) is 9. The molecule has 1 N–H and O–H groups in total. The lowest BCUT2D eigenvalue weighted by Crippen LogP contribution is -2.10. The van der Waals surface area contributed by atoms with Crippen LogP contribution in [-0.4, -0.2) is 24.5 Å². The summed E-state index contributed by atoms with van der Waals surface area (Å²) in [5.41, 5.74) is 2.93. The summed E-state index contributed by atoms with van der Waals surface area (Å²) in [5.74, 6) is 0.0618. The Kier molecular flexibility index (Phi) is 7.04. The van der Waals surface area contributed by atoms with Crippen LogP contribution in [0.4, 0.5) is 17.1 Å². The van der Waals surface area contributed by atoms with Crippen LogP contribution in [0.2, 0.25) is 0 Å². The maximum atomic E-state index is 12.5. The van der Waals surface area contributed by atoms with E-state index in [-0.39, 0.29) is 16.3 Å². The summed E-state index contributed by atoms with van der Waals surface area (Å²) in [4.78, 5) is 20.5. The Balaban J connectivity index is 1.75. The molecule has 0 radical (unpaired) electrons. The Morgan fingerprint density at radius 3 is 2.30 bits per heavy atom. The minimum atomic E-state index is -4.03. The van der Waals surface area contributed by atoms with Crippen molar-refractivity contribution in [2.75, 3.05) is 5.43 Å². The number of rotatable bonds is 8. The number of halogens is 1. The summed E-state index contributed by atoms with van der Waals surface area (Å²) in [6.45, 7) is 1.84. The van der Waals surface area contributed by atoms with E-state index in [9.17, 15) is 28.6 Å². The van der Waals surface area contributed by atoms with E-state index >= 15 is 0 Å². The number of aryl methyl sites for hydroxylation is 1. The number of nitro benzene ring substituents is 2. The van der Waals surface area contributed by atoms with E-state index in [1.54, 1.807) is 12.1 Å². The van der Waals surface area contributed by atoms with Gasteiger partial charge in [-0.05, 0) is 64.8 Å². The molecule has 0 unspecified atom stereocenters. The van der Waals surface area contributed by atoms with Gasteiger partial charge in [-0.15, -0.1) is 0 Å². The highest BCUT2D eigenvalue weighted by Crippen LogP contribution is 2.30. The van der Waals surface area contributed by atoms with Crippen LogP contribution in [0.3, 0.4) is 0 Å². The van der Waals surface area contributed by atoms with Gasteiger partial charge in [0.2, 0.25) is 0 Å². The van der Waals surface area contributed by atoms with Crippen LogP contribution < -0.4 is 9.61 Å². The van der Waals surface area contributed by atoms with Gasteiger partial charge in [-0.3, -0.25) is 25.7 Å². The average Bonchev–Trinajstić information content (AvgIpc) is 2.75. The topological polar surface area (TPSA) is 154 Å². The fraction of sp³-hybridized carbons (Fsp3) is 0.0500. The summed E-state index contributed by atoms with van der Waals surface area (Å²) < 4.78 is 30.4. The van der Waals surface area contributed by atoms with Crippen LogP contribution >= 0.6 is 15.9 Å². The zero-order valence-corrected chi connectivity index (χ0v) is 19.2. The fourth-order valence-corrected chi connectivity index (χ4v) is 4.12. The molecule has 0 saturated heterocycles. The number of benzene rings is 3. The summed E-state index contributed by atoms with van der Waals surface area (Å²) in [7, 11) is -4.03. The van der Waals surface area contributed by atoms with Gasteiger partial charge >= 0.3 is 15.8 Å². The summed E-state index contributed by atoms with van der Waals surface area (Å²) in [6, 6.07) is 13.8. The van der Waals surface area contributed by atoms with Crippen molar-refractivity contribution in [2.24, 2.45) is 5.10 Å². The molecule has 3 aromatic carbocycles. The van der Waals surface area contributed by atoms with Crippen molar-refractivity contribution in [1.82, 2.24) is 0 Å². The van der Waals surface area contributed by atoms with E-state index in [1.807, 2.05) is 6.92 Å². The first-order valence-corrected chi connectivity index (χ1v) is 11.3. The average molecular weight is 535 g/mol. The molecular weight excluding hydrogens is 520 g/mol. The maximum Gasteiger partial charge on any atom is 0.339 e. The van der Waals surface area contributed by atoms with Crippen molar-refractivity contribution in [3.8, 4) is 5.75 Å². The summed E-state index contributed by atoms with van der Waals surface area (Å²) in [6.07, 6.45) is 1.33. The van der Waals surface area contributed by atoms with Crippen molar-refractivity contribution >= 4 is 49.3 Å². The first-order valence-electron chi connectivity index (χ1n) is 9.09. The van der Waals surface area contributed by atoms with Crippen LogP contribution in [0.25, 0.3) is 0 Å². The number of nitro groups is 2. The first kappa shape index (κ1) is 23.8. The van der Waals surface area contributed by atoms with Crippen LogP contribution in [0.1, 0.15) is 11.1 Å².